The van der Waals surface area contributed by atoms with Crippen molar-refractivity contribution in [3.63, 3.8) is 0 Å². The summed E-state index contributed by atoms with van der Waals surface area (Å²) < 4.78 is 2.40. The molecule has 0 aliphatic heterocycles. The number of benzene rings is 12. The maximum atomic E-state index is 6.29. The summed E-state index contributed by atoms with van der Waals surface area (Å²) in [7, 11) is 0. The van der Waals surface area contributed by atoms with E-state index in [9.17, 15) is 0 Å². The van der Waals surface area contributed by atoms with Gasteiger partial charge in [-0.25, -0.2) is 0 Å². The number of para-hydroxylation sites is 1. The number of aromatic nitrogens is 1. The topological polar surface area (TPSA) is 8.17 Å². The van der Waals surface area contributed by atoms with Gasteiger partial charge in [-0.1, -0.05) is 213 Å². The lowest BCUT2D eigenvalue weighted by atomic mass is 9.82. The van der Waals surface area contributed by atoms with Crippen molar-refractivity contribution in [3.05, 3.63) is 300 Å². The molecule has 2 nitrogen and oxygen atoms in total. The van der Waals surface area contributed by atoms with Gasteiger partial charge in [0.05, 0.1) is 11.0 Å². The summed E-state index contributed by atoms with van der Waals surface area (Å²) in [5, 5.41) is 2.32. The monoisotopic (exact) mass is 1080 g/mol. The second kappa shape index (κ2) is 21.1. The summed E-state index contributed by atoms with van der Waals surface area (Å²) in [6.07, 6.45) is 24.6. The predicted octanol–water partition coefficient (Wildman–Crippen LogP) is 20.5. The highest BCUT2D eigenvalue weighted by Gasteiger charge is 2.36. The van der Waals surface area contributed by atoms with E-state index in [4.69, 9.17) is 25.7 Å². The van der Waals surface area contributed by atoms with Gasteiger partial charge in [-0.2, -0.15) is 0 Å². The molecule has 14 rings (SSSR count). The van der Waals surface area contributed by atoms with Crippen molar-refractivity contribution in [2.45, 2.75) is 19.3 Å². The van der Waals surface area contributed by atoms with E-state index in [0.717, 1.165) is 100 Å². The molecule has 2 heteroatoms. The van der Waals surface area contributed by atoms with Crippen molar-refractivity contribution in [2.24, 2.45) is 0 Å². The van der Waals surface area contributed by atoms with Crippen LogP contribution >= 0.6 is 0 Å². The average molecular weight is 1080 g/mol. The number of rotatable bonds is 10. The quantitative estimate of drug-likeness (QED) is 0.124. The highest BCUT2D eigenvalue weighted by molar-refractivity contribution is 6.11. The molecule has 0 atom stereocenters. The van der Waals surface area contributed by atoms with Gasteiger partial charge in [-0.3, -0.25) is 0 Å². The van der Waals surface area contributed by atoms with Crippen LogP contribution in [0.3, 0.4) is 0 Å². The molecule has 0 unspecified atom stereocenters. The molecule has 1 heterocycles. The molecule has 12 aromatic carbocycles. The minimum absolute atomic E-state index is 0.144. The standard InChI is InChI=1S/C83H54N2/c1-7-55-27-21-31-71(69(55)9-3)73-46-39-62(52-77(73)72-32-22-28-56(8-2)70(72)10-4)64-49-63(58-25-15-12-16-26-58)50-68(51-64)85-81-34-20-18-30-76(81)78-53-61(40-48-82(78)85)60-37-43-66(44-38-60)84(65-41-35-59(36-42-65)57-23-13-11-14-24-57)67-45-47-75-74-29-17-19-33-79(74)83(5,6)80(75)54-67/h1-4,11-54H,5-6H3. The molecular weight excluding hydrogens is 1020 g/mol. The Morgan fingerprint density at radius 3 is 1.42 bits per heavy atom. The lowest BCUT2D eigenvalue weighted by Gasteiger charge is -2.28. The molecule has 396 valence electrons. The normalized spacial score (nSPS) is 11.9. The van der Waals surface area contributed by atoms with Crippen molar-refractivity contribution < 1.29 is 0 Å². The fourth-order valence-corrected chi connectivity index (χ4v) is 12.9. The average Bonchev–Trinajstić information content (AvgIpc) is 1.79. The van der Waals surface area contributed by atoms with Crippen LogP contribution in [0.25, 0.3) is 105 Å². The van der Waals surface area contributed by atoms with E-state index in [-0.39, 0.29) is 5.41 Å². The zero-order valence-corrected chi connectivity index (χ0v) is 47.1. The fraction of sp³-hybridized carbons (Fsp3) is 0.0361. The van der Waals surface area contributed by atoms with Crippen LogP contribution in [0.1, 0.15) is 47.2 Å². The lowest BCUT2D eigenvalue weighted by Crippen LogP contribution is -2.16. The summed E-state index contributed by atoms with van der Waals surface area (Å²) in [4.78, 5) is 2.39. The third-order valence-electron chi connectivity index (χ3n) is 17.1. The first-order valence-electron chi connectivity index (χ1n) is 28.5. The highest BCUT2D eigenvalue weighted by atomic mass is 15.1. The molecule has 1 aliphatic carbocycles. The van der Waals surface area contributed by atoms with Gasteiger partial charge in [0, 0.05) is 61.2 Å². The van der Waals surface area contributed by atoms with E-state index in [0.29, 0.717) is 22.3 Å². The number of hydrogen-bond acceptors (Lipinski definition) is 1. The van der Waals surface area contributed by atoms with Crippen molar-refractivity contribution in [1.82, 2.24) is 4.57 Å². The molecule has 1 aromatic heterocycles. The molecule has 0 fully saturated rings. The van der Waals surface area contributed by atoms with Crippen molar-refractivity contribution in [1.29, 1.82) is 0 Å². The van der Waals surface area contributed by atoms with Crippen LogP contribution in [0.15, 0.2) is 267 Å². The van der Waals surface area contributed by atoms with Crippen molar-refractivity contribution >= 4 is 38.9 Å². The molecule has 13 aromatic rings. The van der Waals surface area contributed by atoms with Crippen molar-refractivity contribution in [3.8, 4) is 133 Å². The first-order chi connectivity index (χ1) is 41.7. The van der Waals surface area contributed by atoms with Gasteiger partial charge in [-0.05, 0) is 180 Å². The van der Waals surface area contributed by atoms with Crippen LogP contribution in [0.2, 0.25) is 0 Å². The summed E-state index contributed by atoms with van der Waals surface area (Å²) in [5.74, 6) is 11.4. The van der Waals surface area contributed by atoms with Crippen LogP contribution in [-0.2, 0) is 5.41 Å². The fourth-order valence-electron chi connectivity index (χ4n) is 12.9. The molecule has 0 saturated carbocycles. The second-order valence-corrected chi connectivity index (χ2v) is 22.2. The zero-order valence-electron chi connectivity index (χ0n) is 47.1. The molecule has 0 radical (unpaired) electrons. The van der Waals surface area contributed by atoms with E-state index < -0.39 is 0 Å². The molecule has 0 amide bonds. The van der Waals surface area contributed by atoms with Gasteiger partial charge in [0.25, 0.3) is 0 Å². The Morgan fingerprint density at radius 1 is 0.306 bits per heavy atom. The van der Waals surface area contributed by atoms with Crippen LogP contribution < -0.4 is 4.90 Å². The number of fused-ring (bicyclic) bond motifs is 6. The minimum Gasteiger partial charge on any atom is -0.310 e. The van der Waals surface area contributed by atoms with E-state index in [1.807, 2.05) is 36.4 Å². The zero-order chi connectivity index (χ0) is 57.8. The molecule has 85 heavy (non-hydrogen) atoms. The van der Waals surface area contributed by atoms with Gasteiger partial charge in [-0.15, -0.1) is 25.7 Å². The van der Waals surface area contributed by atoms with Crippen LogP contribution in [0.5, 0.6) is 0 Å². The first-order valence-corrected chi connectivity index (χ1v) is 28.5. The smallest absolute Gasteiger partial charge is 0.0541 e. The van der Waals surface area contributed by atoms with E-state index in [1.165, 1.54) is 33.4 Å². The van der Waals surface area contributed by atoms with Crippen LogP contribution in [-0.4, -0.2) is 4.57 Å². The predicted molar refractivity (Wildman–Crippen MR) is 357 cm³/mol. The summed E-state index contributed by atoms with van der Waals surface area (Å²) in [5.41, 5.74) is 26.5. The maximum absolute atomic E-state index is 6.29. The SMILES string of the molecule is C#Cc1cccc(-c2ccc(-c3cc(-c4ccccc4)cc(-n4c5ccccc5c5cc(-c6ccc(N(c7ccc(-c8ccccc8)cc7)c7ccc8c(c7)C(C)(C)c7ccccc7-8)cc6)ccc54)c3)cc2-c2cccc(C#C)c2C#C)c1C#C. The second-order valence-electron chi connectivity index (χ2n) is 22.2. The summed E-state index contributed by atoms with van der Waals surface area (Å²) >= 11 is 0. The molecule has 0 bridgehead atoms. The Morgan fingerprint density at radius 2 is 0.776 bits per heavy atom. The van der Waals surface area contributed by atoms with Gasteiger partial charge in [0.1, 0.15) is 0 Å². The largest absolute Gasteiger partial charge is 0.310 e. The lowest BCUT2D eigenvalue weighted by molar-refractivity contribution is 0.660. The number of terminal acetylenes is 4. The Bertz CT molecular complexity index is 4990. The van der Waals surface area contributed by atoms with Crippen LogP contribution in [0.4, 0.5) is 17.1 Å². The maximum Gasteiger partial charge on any atom is 0.0541 e. The molecule has 0 N–H and O–H groups in total. The van der Waals surface area contributed by atoms with E-state index >= 15 is 0 Å². The highest BCUT2D eigenvalue weighted by Crippen LogP contribution is 2.51. The summed E-state index contributed by atoms with van der Waals surface area (Å²) in [6.45, 7) is 4.69. The molecule has 0 saturated heterocycles. The first kappa shape index (κ1) is 51.6. The number of anilines is 3. The third-order valence-corrected chi connectivity index (χ3v) is 17.1. The Labute approximate surface area is 498 Å². The Hall–Kier alpha value is -11.5. The molecule has 1 aliphatic rings. The summed E-state index contributed by atoms with van der Waals surface area (Å²) in [6, 6.07) is 95.6. The van der Waals surface area contributed by atoms with Gasteiger partial charge in [0.15, 0.2) is 0 Å². The third kappa shape index (κ3) is 8.87. The molecular formula is C83H54N2. The van der Waals surface area contributed by atoms with E-state index in [1.54, 1.807) is 0 Å². The van der Waals surface area contributed by atoms with Gasteiger partial charge >= 0.3 is 0 Å². The number of nitrogens with zero attached hydrogens (tertiary/aromatic N) is 2. The van der Waals surface area contributed by atoms with Crippen LogP contribution in [0, 0.1) is 49.4 Å². The minimum atomic E-state index is -0.144. The van der Waals surface area contributed by atoms with Gasteiger partial charge < -0.3 is 9.47 Å². The van der Waals surface area contributed by atoms with Crippen molar-refractivity contribution in [2.75, 3.05) is 4.90 Å². The number of hydrogen-bond donors (Lipinski definition) is 0. The van der Waals surface area contributed by atoms with Gasteiger partial charge in [0.2, 0.25) is 0 Å². The molecule has 0 spiro atoms. The Balaban J connectivity index is 0.886. The van der Waals surface area contributed by atoms with E-state index in [2.05, 4.69) is 278 Å². The Kier molecular flexibility index (Phi) is 12.8.